The van der Waals surface area contributed by atoms with Gasteiger partial charge in [0.25, 0.3) is 0 Å². The van der Waals surface area contributed by atoms with Gasteiger partial charge in [-0.25, -0.2) is 19.6 Å². The van der Waals surface area contributed by atoms with Crippen LogP contribution in [0.2, 0.25) is 0 Å². The first-order valence-corrected chi connectivity index (χ1v) is 5.56. The second kappa shape index (κ2) is 5.77. The summed E-state index contributed by atoms with van der Waals surface area (Å²) in [7, 11) is 1.73. The molecule has 6 heteroatoms. The molecule has 1 atom stereocenters. The number of nitrogen functional groups attached to an aromatic ring is 1. The molecule has 0 aliphatic rings. The first-order valence-electron chi connectivity index (χ1n) is 5.56. The van der Waals surface area contributed by atoms with Gasteiger partial charge in [0.2, 0.25) is 0 Å². The summed E-state index contributed by atoms with van der Waals surface area (Å²) in [5, 5.41) is 0. The standard InChI is InChI=1S/C11H18F2N4/c1-4-5-7(2)17(3)11-9(13)6-8(12)10(15-11)16-14/h6-7H,4-5,14H2,1-3H3,(H,15,16). The zero-order valence-electron chi connectivity index (χ0n) is 10.3. The van der Waals surface area contributed by atoms with Crippen LogP contribution in [0.1, 0.15) is 26.7 Å². The van der Waals surface area contributed by atoms with Crippen LogP contribution in [0.15, 0.2) is 6.07 Å². The molecule has 0 saturated heterocycles. The third-order valence-corrected chi connectivity index (χ3v) is 2.75. The minimum Gasteiger partial charge on any atom is -0.354 e. The molecule has 0 fully saturated rings. The van der Waals surface area contributed by atoms with Gasteiger partial charge in [-0.15, -0.1) is 0 Å². The fourth-order valence-corrected chi connectivity index (χ4v) is 1.63. The molecule has 1 unspecified atom stereocenters. The predicted molar refractivity (Wildman–Crippen MR) is 64.7 cm³/mol. The van der Waals surface area contributed by atoms with Crippen molar-refractivity contribution in [1.29, 1.82) is 0 Å². The van der Waals surface area contributed by atoms with E-state index in [0.717, 1.165) is 18.9 Å². The number of hydrogen-bond acceptors (Lipinski definition) is 4. The molecule has 17 heavy (non-hydrogen) atoms. The van der Waals surface area contributed by atoms with E-state index >= 15 is 0 Å². The van der Waals surface area contributed by atoms with Crippen molar-refractivity contribution < 1.29 is 8.78 Å². The number of halogens is 2. The quantitative estimate of drug-likeness (QED) is 0.616. The second-order valence-corrected chi connectivity index (χ2v) is 4.02. The summed E-state index contributed by atoms with van der Waals surface area (Å²) < 4.78 is 26.8. The molecule has 3 N–H and O–H groups in total. The molecule has 1 rings (SSSR count). The molecule has 0 saturated carbocycles. The van der Waals surface area contributed by atoms with Gasteiger partial charge in [0.15, 0.2) is 23.3 Å². The Morgan fingerprint density at radius 3 is 2.65 bits per heavy atom. The Hall–Kier alpha value is -1.43. The van der Waals surface area contributed by atoms with E-state index in [9.17, 15) is 8.78 Å². The van der Waals surface area contributed by atoms with Gasteiger partial charge in [-0.05, 0) is 13.3 Å². The second-order valence-electron chi connectivity index (χ2n) is 4.02. The Kier molecular flexibility index (Phi) is 4.62. The van der Waals surface area contributed by atoms with Crippen molar-refractivity contribution in [1.82, 2.24) is 4.98 Å². The third-order valence-electron chi connectivity index (χ3n) is 2.75. The molecular weight excluding hydrogens is 226 g/mol. The van der Waals surface area contributed by atoms with E-state index in [1.165, 1.54) is 0 Å². The van der Waals surface area contributed by atoms with Crippen LogP contribution in [-0.2, 0) is 0 Å². The number of nitrogens with two attached hydrogens (primary N) is 1. The number of aromatic nitrogens is 1. The van der Waals surface area contributed by atoms with E-state index in [-0.39, 0.29) is 17.7 Å². The predicted octanol–water partition coefficient (Wildman–Crippen LogP) is 2.27. The lowest BCUT2D eigenvalue weighted by molar-refractivity contribution is 0.553. The number of rotatable bonds is 5. The van der Waals surface area contributed by atoms with Gasteiger partial charge >= 0.3 is 0 Å². The molecule has 0 amide bonds. The molecule has 0 bridgehead atoms. The minimum absolute atomic E-state index is 0.0975. The Morgan fingerprint density at radius 1 is 1.47 bits per heavy atom. The molecule has 1 aromatic rings. The van der Waals surface area contributed by atoms with Crippen LogP contribution < -0.4 is 16.2 Å². The molecule has 4 nitrogen and oxygen atoms in total. The number of hydrogen-bond donors (Lipinski definition) is 2. The Balaban J connectivity index is 3.04. The fourth-order valence-electron chi connectivity index (χ4n) is 1.63. The lowest BCUT2D eigenvalue weighted by atomic mass is 10.2. The molecule has 1 aromatic heterocycles. The summed E-state index contributed by atoms with van der Waals surface area (Å²) >= 11 is 0. The maximum Gasteiger partial charge on any atom is 0.178 e. The van der Waals surface area contributed by atoms with Gasteiger partial charge in [-0.1, -0.05) is 13.3 Å². The monoisotopic (exact) mass is 244 g/mol. The maximum atomic E-state index is 13.6. The van der Waals surface area contributed by atoms with E-state index in [1.54, 1.807) is 11.9 Å². The van der Waals surface area contributed by atoms with Crippen molar-refractivity contribution >= 4 is 11.6 Å². The number of anilines is 2. The average molecular weight is 244 g/mol. The van der Waals surface area contributed by atoms with Crippen molar-refractivity contribution in [3.8, 4) is 0 Å². The summed E-state index contributed by atoms with van der Waals surface area (Å²) in [6.07, 6.45) is 1.89. The van der Waals surface area contributed by atoms with E-state index in [4.69, 9.17) is 5.84 Å². The first kappa shape index (κ1) is 13.6. The molecule has 1 heterocycles. The molecule has 0 spiro atoms. The highest BCUT2D eigenvalue weighted by Crippen LogP contribution is 2.23. The van der Waals surface area contributed by atoms with Crippen LogP contribution >= 0.6 is 0 Å². The highest BCUT2D eigenvalue weighted by Gasteiger charge is 2.18. The highest BCUT2D eigenvalue weighted by molar-refractivity contribution is 5.48. The van der Waals surface area contributed by atoms with Gasteiger partial charge in [0.05, 0.1) is 0 Å². The van der Waals surface area contributed by atoms with E-state index in [0.29, 0.717) is 0 Å². The zero-order chi connectivity index (χ0) is 13.0. The van der Waals surface area contributed by atoms with Crippen LogP contribution in [-0.4, -0.2) is 18.1 Å². The fraction of sp³-hybridized carbons (Fsp3) is 0.545. The van der Waals surface area contributed by atoms with Crippen LogP contribution in [0.25, 0.3) is 0 Å². The summed E-state index contributed by atoms with van der Waals surface area (Å²) in [5.74, 6) is 3.56. The van der Waals surface area contributed by atoms with E-state index in [2.05, 4.69) is 10.4 Å². The van der Waals surface area contributed by atoms with Gasteiger partial charge in [-0.3, -0.25) is 0 Å². The summed E-state index contributed by atoms with van der Waals surface area (Å²) in [6.45, 7) is 4.01. The first-order chi connectivity index (χ1) is 8.01. The van der Waals surface area contributed by atoms with Crippen LogP contribution in [0, 0.1) is 11.6 Å². The van der Waals surface area contributed by atoms with Gasteiger partial charge < -0.3 is 10.3 Å². The normalized spacial score (nSPS) is 12.4. The lowest BCUT2D eigenvalue weighted by Gasteiger charge is -2.26. The number of nitrogens with one attached hydrogen (secondary N) is 1. The largest absolute Gasteiger partial charge is 0.354 e. The summed E-state index contributed by atoms with van der Waals surface area (Å²) in [4.78, 5) is 5.51. The Bertz CT molecular complexity index is 384. The zero-order valence-corrected chi connectivity index (χ0v) is 10.3. The van der Waals surface area contributed by atoms with Gasteiger partial charge in [-0.2, -0.15) is 0 Å². The highest BCUT2D eigenvalue weighted by atomic mass is 19.1. The number of pyridine rings is 1. The number of hydrazine groups is 1. The minimum atomic E-state index is -0.801. The molecule has 0 aliphatic carbocycles. The number of nitrogens with zero attached hydrogens (tertiary/aromatic N) is 2. The van der Waals surface area contributed by atoms with Crippen LogP contribution in [0.4, 0.5) is 20.4 Å². The van der Waals surface area contributed by atoms with Crippen molar-refractivity contribution in [3.63, 3.8) is 0 Å². The van der Waals surface area contributed by atoms with Crippen molar-refractivity contribution in [2.75, 3.05) is 17.4 Å². The van der Waals surface area contributed by atoms with Gasteiger partial charge in [0, 0.05) is 19.2 Å². The molecule has 96 valence electrons. The SMILES string of the molecule is CCCC(C)N(C)c1nc(NN)c(F)cc1F. The molecular formula is C11H18F2N4. The summed E-state index contributed by atoms with van der Waals surface area (Å²) in [5.41, 5.74) is 2.11. The van der Waals surface area contributed by atoms with Crippen molar-refractivity contribution in [2.24, 2.45) is 5.84 Å². The average Bonchev–Trinajstić information content (AvgIpc) is 2.29. The molecule has 0 radical (unpaired) electrons. The molecule has 0 aromatic carbocycles. The van der Waals surface area contributed by atoms with Crippen LogP contribution in [0.5, 0.6) is 0 Å². The Labute approximate surface area is 99.8 Å². The summed E-state index contributed by atoms with van der Waals surface area (Å²) in [6, 6.07) is 0.908. The van der Waals surface area contributed by atoms with E-state index in [1.807, 2.05) is 13.8 Å². The topological polar surface area (TPSA) is 54.2 Å². The van der Waals surface area contributed by atoms with Crippen molar-refractivity contribution in [3.05, 3.63) is 17.7 Å². The molecule has 0 aliphatic heterocycles. The van der Waals surface area contributed by atoms with Gasteiger partial charge in [0.1, 0.15) is 0 Å². The van der Waals surface area contributed by atoms with E-state index < -0.39 is 11.6 Å². The third kappa shape index (κ3) is 3.03. The Morgan fingerprint density at radius 2 is 2.12 bits per heavy atom. The smallest absolute Gasteiger partial charge is 0.178 e. The maximum absolute atomic E-state index is 13.6. The lowest BCUT2D eigenvalue weighted by Crippen LogP contribution is -2.30. The van der Waals surface area contributed by atoms with Crippen LogP contribution in [0.3, 0.4) is 0 Å². The van der Waals surface area contributed by atoms with Crippen molar-refractivity contribution in [2.45, 2.75) is 32.7 Å².